The number of ether oxygens (including phenoxy) is 1. The number of piperidine rings is 1. The maximum absolute atomic E-state index is 12.1. The maximum atomic E-state index is 12.1. The van der Waals surface area contributed by atoms with E-state index in [-0.39, 0.29) is 18.0 Å². The van der Waals surface area contributed by atoms with Crippen LogP contribution in [0.15, 0.2) is 42.0 Å². The third-order valence-electron chi connectivity index (χ3n) is 4.30. The van der Waals surface area contributed by atoms with E-state index in [2.05, 4.69) is 17.4 Å². The third-order valence-corrected chi connectivity index (χ3v) is 4.30. The Morgan fingerprint density at radius 3 is 2.54 bits per heavy atom. The highest BCUT2D eigenvalue weighted by atomic mass is 16.5. The van der Waals surface area contributed by atoms with E-state index in [4.69, 9.17) is 4.74 Å². The number of likely N-dealkylation sites (tertiary alicyclic amines) is 1. The SMILES string of the molecule is COC(=O)N1CCC(NC(=O)/C=C(\C)CCc2ccccc2)CC1. The Bertz CT molecular complexity index is 576. The van der Waals surface area contributed by atoms with Crippen LogP contribution < -0.4 is 5.32 Å². The molecular formula is C19H26N2O3. The lowest BCUT2D eigenvalue weighted by molar-refractivity contribution is -0.117. The average molecular weight is 330 g/mol. The van der Waals surface area contributed by atoms with Crippen molar-refractivity contribution in [3.8, 4) is 0 Å². The molecule has 1 aliphatic rings. The Labute approximate surface area is 143 Å². The highest BCUT2D eigenvalue weighted by Gasteiger charge is 2.23. The molecule has 0 atom stereocenters. The fraction of sp³-hybridized carbons (Fsp3) is 0.474. The zero-order valence-electron chi connectivity index (χ0n) is 14.5. The lowest BCUT2D eigenvalue weighted by atomic mass is 10.0. The molecule has 0 aromatic heterocycles. The van der Waals surface area contributed by atoms with E-state index >= 15 is 0 Å². The van der Waals surface area contributed by atoms with Gasteiger partial charge in [-0.15, -0.1) is 0 Å². The Balaban J connectivity index is 1.73. The molecule has 2 amide bonds. The molecule has 24 heavy (non-hydrogen) atoms. The minimum absolute atomic E-state index is 0.0444. The molecule has 1 fully saturated rings. The number of amides is 2. The number of methoxy groups -OCH3 is 1. The fourth-order valence-corrected chi connectivity index (χ4v) is 2.86. The molecule has 0 unspecified atom stereocenters. The highest BCUT2D eigenvalue weighted by Crippen LogP contribution is 2.12. The molecule has 1 N–H and O–H groups in total. The van der Waals surface area contributed by atoms with Crippen LogP contribution in [0, 0.1) is 0 Å². The van der Waals surface area contributed by atoms with Crippen molar-refractivity contribution >= 4 is 12.0 Å². The van der Waals surface area contributed by atoms with Crippen LogP contribution in [0.1, 0.15) is 31.7 Å². The number of rotatable bonds is 5. The van der Waals surface area contributed by atoms with Gasteiger partial charge in [-0.3, -0.25) is 4.79 Å². The molecule has 1 heterocycles. The van der Waals surface area contributed by atoms with Crippen LogP contribution in [0.4, 0.5) is 4.79 Å². The quantitative estimate of drug-likeness (QED) is 0.845. The second kappa shape index (κ2) is 9.11. The predicted molar refractivity (Wildman–Crippen MR) is 93.7 cm³/mol. The molecule has 1 aromatic carbocycles. The number of carbonyl (C=O) groups excluding carboxylic acids is 2. The van der Waals surface area contributed by atoms with Crippen LogP contribution in [-0.2, 0) is 16.0 Å². The van der Waals surface area contributed by atoms with Crippen molar-refractivity contribution in [3.05, 3.63) is 47.5 Å². The first-order valence-electron chi connectivity index (χ1n) is 8.43. The topological polar surface area (TPSA) is 58.6 Å². The summed E-state index contributed by atoms with van der Waals surface area (Å²) in [6, 6.07) is 10.4. The number of allylic oxidation sites excluding steroid dienone is 1. The summed E-state index contributed by atoms with van der Waals surface area (Å²) in [5.74, 6) is -0.0444. The van der Waals surface area contributed by atoms with Gasteiger partial charge in [-0.1, -0.05) is 35.9 Å². The van der Waals surface area contributed by atoms with Gasteiger partial charge in [0.2, 0.25) is 5.91 Å². The lowest BCUT2D eigenvalue weighted by Crippen LogP contribution is -2.46. The number of aryl methyl sites for hydroxylation is 1. The average Bonchev–Trinajstić information content (AvgIpc) is 2.60. The first-order chi connectivity index (χ1) is 11.6. The number of carbonyl (C=O) groups is 2. The second-order valence-corrected chi connectivity index (χ2v) is 6.22. The zero-order chi connectivity index (χ0) is 17.4. The van der Waals surface area contributed by atoms with Gasteiger partial charge in [0, 0.05) is 25.2 Å². The van der Waals surface area contributed by atoms with Gasteiger partial charge in [0.05, 0.1) is 7.11 Å². The fourth-order valence-electron chi connectivity index (χ4n) is 2.86. The molecule has 0 saturated carbocycles. The number of hydrogen-bond acceptors (Lipinski definition) is 3. The lowest BCUT2D eigenvalue weighted by Gasteiger charge is -2.31. The Hall–Kier alpha value is -2.30. The molecule has 5 nitrogen and oxygen atoms in total. The van der Waals surface area contributed by atoms with Crippen LogP contribution in [0.5, 0.6) is 0 Å². The molecule has 2 rings (SSSR count). The van der Waals surface area contributed by atoms with Crippen molar-refractivity contribution in [3.63, 3.8) is 0 Å². The van der Waals surface area contributed by atoms with Gasteiger partial charge in [-0.2, -0.15) is 0 Å². The summed E-state index contributed by atoms with van der Waals surface area (Å²) in [7, 11) is 1.39. The van der Waals surface area contributed by atoms with E-state index in [9.17, 15) is 9.59 Å². The van der Waals surface area contributed by atoms with Crippen molar-refractivity contribution < 1.29 is 14.3 Å². The van der Waals surface area contributed by atoms with Gasteiger partial charge in [-0.25, -0.2) is 4.79 Å². The van der Waals surface area contributed by atoms with Crippen LogP contribution in [0.25, 0.3) is 0 Å². The Morgan fingerprint density at radius 2 is 1.92 bits per heavy atom. The van der Waals surface area contributed by atoms with Gasteiger partial charge < -0.3 is 15.0 Å². The van der Waals surface area contributed by atoms with Crippen LogP contribution >= 0.6 is 0 Å². The van der Waals surface area contributed by atoms with Crippen molar-refractivity contribution in [2.45, 2.75) is 38.6 Å². The molecule has 0 spiro atoms. The molecular weight excluding hydrogens is 304 g/mol. The van der Waals surface area contributed by atoms with Crippen molar-refractivity contribution in [2.75, 3.05) is 20.2 Å². The van der Waals surface area contributed by atoms with Crippen LogP contribution in [-0.4, -0.2) is 43.1 Å². The smallest absolute Gasteiger partial charge is 0.409 e. The first-order valence-corrected chi connectivity index (χ1v) is 8.43. The minimum Gasteiger partial charge on any atom is -0.453 e. The summed E-state index contributed by atoms with van der Waals surface area (Å²) in [6.07, 6.45) is 4.73. The molecule has 0 radical (unpaired) electrons. The predicted octanol–water partition coefficient (Wildman–Crippen LogP) is 2.91. The molecule has 5 heteroatoms. The zero-order valence-corrected chi connectivity index (χ0v) is 14.5. The Kier molecular flexibility index (Phi) is 6.85. The van der Waals surface area contributed by atoms with Crippen LogP contribution in [0.3, 0.4) is 0 Å². The van der Waals surface area contributed by atoms with E-state index in [0.29, 0.717) is 13.1 Å². The standard InChI is InChI=1S/C19H26N2O3/c1-15(8-9-16-6-4-3-5-7-16)14-18(22)20-17-10-12-21(13-11-17)19(23)24-2/h3-7,14,17H,8-13H2,1-2H3,(H,20,22)/b15-14+. The summed E-state index contributed by atoms with van der Waals surface area (Å²) in [5, 5.41) is 3.03. The van der Waals surface area contributed by atoms with Gasteiger partial charge >= 0.3 is 6.09 Å². The maximum Gasteiger partial charge on any atom is 0.409 e. The van der Waals surface area contributed by atoms with Gasteiger partial charge in [0.25, 0.3) is 0 Å². The van der Waals surface area contributed by atoms with Crippen molar-refractivity contribution in [1.29, 1.82) is 0 Å². The molecule has 0 bridgehead atoms. The first kappa shape index (κ1) is 18.0. The summed E-state index contributed by atoms with van der Waals surface area (Å²) < 4.78 is 4.71. The van der Waals surface area contributed by atoms with Crippen molar-refractivity contribution in [1.82, 2.24) is 10.2 Å². The number of nitrogens with zero attached hydrogens (tertiary/aromatic N) is 1. The van der Waals surface area contributed by atoms with E-state index in [1.807, 2.05) is 25.1 Å². The van der Waals surface area contributed by atoms with Gasteiger partial charge in [-0.05, 0) is 38.2 Å². The normalized spacial score (nSPS) is 15.9. The van der Waals surface area contributed by atoms with Crippen molar-refractivity contribution in [2.24, 2.45) is 0 Å². The number of benzene rings is 1. The van der Waals surface area contributed by atoms with Crippen LogP contribution in [0.2, 0.25) is 0 Å². The summed E-state index contributed by atoms with van der Waals surface area (Å²) in [6.45, 7) is 3.23. The summed E-state index contributed by atoms with van der Waals surface area (Å²) in [5.41, 5.74) is 2.35. The highest BCUT2D eigenvalue weighted by molar-refractivity contribution is 5.88. The van der Waals surface area contributed by atoms with E-state index in [1.165, 1.54) is 12.7 Å². The molecule has 1 saturated heterocycles. The molecule has 130 valence electrons. The van der Waals surface area contributed by atoms with E-state index in [0.717, 1.165) is 31.3 Å². The molecule has 1 aliphatic heterocycles. The second-order valence-electron chi connectivity index (χ2n) is 6.22. The number of nitrogens with one attached hydrogen (secondary N) is 1. The number of hydrogen-bond donors (Lipinski definition) is 1. The Morgan fingerprint density at radius 1 is 1.25 bits per heavy atom. The largest absolute Gasteiger partial charge is 0.453 e. The van der Waals surface area contributed by atoms with Gasteiger partial charge in [0.15, 0.2) is 0 Å². The minimum atomic E-state index is -0.295. The third kappa shape index (κ3) is 5.72. The summed E-state index contributed by atoms with van der Waals surface area (Å²) >= 11 is 0. The monoisotopic (exact) mass is 330 g/mol. The van der Waals surface area contributed by atoms with E-state index < -0.39 is 0 Å². The summed E-state index contributed by atoms with van der Waals surface area (Å²) in [4.78, 5) is 25.2. The molecule has 1 aromatic rings. The van der Waals surface area contributed by atoms with E-state index in [1.54, 1.807) is 11.0 Å². The molecule has 0 aliphatic carbocycles. The van der Waals surface area contributed by atoms with Gasteiger partial charge in [0.1, 0.15) is 0 Å².